The molecule has 46 heavy (non-hydrogen) atoms. The van der Waals surface area contributed by atoms with Gasteiger partial charge in [-0.3, -0.25) is 9.67 Å². The summed E-state index contributed by atoms with van der Waals surface area (Å²) in [6.45, 7) is 9.38. The van der Waals surface area contributed by atoms with Crippen molar-refractivity contribution in [1.29, 1.82) is 0 Å². The second kappa shape index (κ2) is 12.8. The molecule has 0 atom stereocenters. The Labute approximate surface area is 269 Å². The maximum atomic E-state index is 12.4. The van der Waals surface area contributed by atoms with Gasteiger partial charge in [-0.25, -0.2) is 9.78 Å². The lowest BCUT2D eigenvalue weighted by molar-refractivity contribution is -0.135. The molecule has 2 aliphatic heterocycles. The smallest absolute Gasteiger partial charge is 0.410 e. The van der Waals surface area contributed by atoms with Crippen LogP contribution in [0.5, 0.6) is 11.5 Å². The molecule has 2 saturated heterocycles. The van der Waals surface area contributed by atoms with Crippen LogP contribution in [0.25, 0.3) is 22.3 Å². The highest BCUT2D eigenvalue weighted by atomic mass is 16.6. The lowest BCUT2D eigenvalue weighted by Gasteiger charge is -2.51. The molecule has 0 aliphatic carbocycles. The number of fused-ring (bicyclic) bond motifs is 1. The fourth-order valence-electron chi connectivity index (χ4n) is 6.09. The first-order chi connectivity index (χ1) is 22.0. The molecule has 12 nitrogen and oxygen atoms in total. The van der Waals surface area contributed by atoms with E-state index in [9.17, 15) is 4.79 Å². The minimum atomic E-state index is -0.508. The molecule has 0 bridgehead atoms. The van der Waals surface area contributed by atoms with Crippen LogP contribution in [0.2, 0.25) is 0 Å². The zero-order valence-electron chi connectivity index (χ0n) is 27.4. The van der Waals surface area contributed by atoms with E-state index in [0.717, 1.165) is 66.1 Å². The Morgan fingerprint density at radius 3 is 2.33 bits per heavy atom. The Balaban J connectivity index is 1.07. The minimum Gasteiger partial charge on any atom is -0.497 e. The Hall–Kier alpha value is -4.42. The van der Waals surface area contributed by atoms with Crippen LogP contribution in [0.3, 0.4) is 0 Å². The summed E-state index contributed by atoms with van der Waals surface area (Å²) in [6.07, 6.45) is 7.41. The number of piperidine rings is 1. The van der Waals surface area contributed by atoms with E-state index < -0.39 is 5.60 Å². The molecule has 244 valence electrons. The zero-order chi connectivity index (χ0) is 32.5. The molecule has 0 unspecified atom stereocenters. The molecule has 4 heterocycles. The molecule has 1 amide bonds. The highest BCUT2D eigenvalue weighted by molar-refractivity contribution is 5.82. The molecule has 2 aromatic carbocycles. The van der Waals surface area contributed by atoms with Gasteiger partial charge >= 0.3 is 6.09 Å². The van der Waals surface area contributed by atoms with Crippen molar-refractivity contribution in [3.05, 3.63) is 55.0 Å². The van der Waals surface area contributed by atoms with Crippen molar-refractivity contribution in [1.82, 2.24) is 29.5 Å². The van der Waals surface area contributed by atoms with Gasteiger partial charge in [0, 0.05) is 68.1 Å². The van der Waals surface area contributed by atoms with Gasteiger partial charge in [-0.2, -0.15) is 5.10 Å². The van der Waals surface area contributed by atoms with Crippen LogP contribution in [-0.4, -0.2) is 101 Å². The van der Waals surface area contributed by atoms with Crippen LogP contribution in [0.1, 0.15) is 39.7 Å². The second-order valence-electron chi connectivity index (χ2n) is 13.1. The summed E-state index contributed by atoms with van der Waals surface area (Å²) in [5, 5.41) is 8.13. The third-order valence-electron chi connectivity index (χ3n) is 8.57. The van der Waals surface area contributed by atoms with Crippen LogP contribution in [0, 0.1) is 0 Å². The fraction of sp³-hybridized carbons (Fsp3) is 0.471. The number of ether oxygens (including phenoxy) is 4. The van der Waals surface area contributed by atoms with Gasteiger partial charge in [0.05, 0.1) is 62.5 Å². The standard InChI is InChI=1S/C34H43N7O5/c1-33(2,3)46-32(42)40-21-34(22-40,45-6)20-39-11-9-26(10-12-39)41-19-23(17-36-41)31-18-35-29-8-7-24(15-30(29)38-31)37-25-13-27(43-4)16-28(14-25)44-5/h7-8,13-19,26,37H,9-12,20-22H2,1-6H3. The van der Waals surface area contributed by atoms with Crippen molar-refractivity contribution in [2.45, 2.75) is 50.9 Å². The summed E-state index contributed by atoms with van der Waals surface area (Å²) in [6, 6.07) is 11.9. The number of likely N-dealkylation sites (tertiary alicyclic amines) is 2. The quantitative estimate of drug-likeness (QED) is 0.254. The Kier molecular flexibility index (Phi) is 8.75. The van der Waals surface area contributed by atoms with E-state index in [1.807, 2.05) is 63.4 Å². The molecule has 4 aromatic rings. The van der Waals surface area contributed by atoms with Crippen molar-refractivity contribution < 1.29 is 23.7 Å². The summed E-state index contributed by atoms with van der Waals surface area (Å²) in [4.78, 5) is 26.2. The number of amides is 1. The molecule has 1 N–H and O–H groups in total. The van der Waals surface area contributed by atoms with Gasteiger partial charge in [-0.1, -0.05) is 0 Å². The van der Waals surface area contributed by atoms with Gasteiger partial charge in [0.1, 0.15) is 22.7 Å². The number of carbonyl (C=O) groups excluding carboxylic acids is 1. The summed E-state index contributed by atoms with van der Waals surface area (Å²) >= 11 is 0. The number of hydrogen-bond acceptors (Lipinski definition) is 10. The maximum Gasteiger partial charge on any atom is 0.410 e. The number of nitrogens with one attached hydrogen (secondary N) is 1. The van der Waals surface area contributed by atoms with E-state index in [4.69, 9.17) is 29.0 Å². The number of hydrogen-bond donors (Lipinski definition) is 1. The Morgan fingerprint density at radius 1 is 0.957 bits per heavy atom. The highest BCUT2D eigenvalue weighted by Gasteiger charge is 2.48. The SMILES string of the molecule is COc1cc(Nc2ccc3ncc(-c4cnn(C5CCN(CC6(OC)CN(C(=O)OC(C)(C)C)C6)CC5)c4)nc3c2)cc(OC)c1. The van der Waals surface area contributed by atoms with Gasteiger partial charge in [0.25, 0.3) is 0 Å². The van der Waals surface area contributed by atoms with Crippen molar-refractivity contribution >= 4 is 28.5 Å². The van der Waals surface area contributed by atoms with Gasteiger partial charge in [0.2, 0.25) is 0 Å². The highest BCUT2D eigenvalue weighted by Crippen LogP contribution is 2.32. The predicted molar refractivity (Wildman–Crippen MR) is 176 cm³/mol. The fourth-order valence-corrected chi connectivity index (χ4v) is 6.09. The molecule has 0 radical (unpaired) electrons. The van der Waals surface area contributed by atoms with Crippen LogP contribution < -0.4 is 14.8 Å². The first-order valence-corrected chi connectivity index (χ1v) is 15.6. The third-order valence-corrected chi connectivity index (χ3v) is 8.57. The van der Waals surface area contributed by atoms with Crippen molar-refractivity contribution in [2.24, 2.45) is 0 Å². The monoisotopic (exact) mass is 629 g/mol. The molecule has 2 aliphatic rings. The van der Waals surface area contributed by atoms with Crippen molar-refractivity contribution in [3.63, 3.8) is 0 Å². The predicted octanol–water partition coefficient (Wildman–Crippen LogP) is 5.53. The lowest BCUT2D eigenvalue weighted by atomic mass is 9.92. The molecular weight excluding hydrogens is 586 g/mol. The topological polar surface area (TPSA) is 116 Å². The number of carbonyl (C=O) groups is 1. The maximum absolute atomic E-state index is 12.4. The molecule has 12 heteroatoms. The van der Waals surface area contributed by atoms with Crippen molar-refractivity contribution in [3.8, 4) is 22.8 Å². The van der Waals surface area contributed by atoms with Gasteiger partial charge < -0.3 is 34.1 Å². The average Bonchev–Trinajstić information content (AvgIpc) is 3.52. The van der Waals surface area contributed by atoms with Gasteiger partial charge in [-0.15, -0.1) is 0 Å². The molecular formula is C34H43N7O5. The molecule has 0 spiro atoms. The van der Waals surface area contributed by atoms with Crippen LogP contribution in [0.15, 0.2) is 55.0 Å². The second-order valence-corrected chi connectivity index (χ2v) is 13.1. The van der Waals surface area contributed by atoms with E-state index in [2.05, 4.69) is 26.1 Å². The molecule has 2 fully saturated rings. The summed E-state index contributed by atoms with van der Waals surface area (Å²) in [5.41, 5.74) is 4.17. The summed E-state index contributed by atoms with van der Waals surface area (Å²) in [5.74, 6) is 1.41. The minimum absolute atomic E-state index is 0.282. The molecule has 0 saturated carbocycles. The third kappa shape index (κ3) is 7.02. The Bertz CT molecular complexity index is 1660. The first-order valence-electron chi connectivity index (χ1n) is 15.6. The number of methoxy groups -OCH3 is 3. The number of rotatable bonds is 9. The van der Waals surface area contributed by atoms with Crippen LogP contribution >= 0.6 is 0 Å². The van der Waals surface area contributed by atoms with E-state index in [1.54, 1.807) is 32.4 Å². The number of benzene rings is 2. The number of nitrogens with zero attached hydrogens (tertiary/aromatic N) is 6. The normalized spacial score (nSPS) is 17.0. The summed E-state index contributed by atoms with van der Waals surface area (Å²) in [7, 11) is 5.00. The van der Waals surface area contributed by atoms with Gasteiger partial charge in [-0.05, 0) is 51.8 Å². The first kappa shape index (κ1) is 31.6. The van der Waals surface area contributed by atoms with E-state index in [0.29, 0.717) is 30.6 Å². The average molecular weight is 630 g/mol. The largest absolute Gasteiger partial charge is 0.497 e. The van der Waals surface area contributed by atoms with E-state index >= 15 is 0 Å². The van der Waals surface area contributed by atoms with Gasteiger partial charge in [0.15, 0.2) is 0 Å². The molecule has 2 aromatic heterocycles. The van der Waals surface area contributed by atoms with Crippen LogP contribution in [-0.2, 0) is 9.47 Å². The number of aromatic nitrogens is 4. The number of anilines is 2. The van der Waals surface area contributed by atoms with Crippen molar-refractivity contribution in [2.75, 3.05) is 59.4 Å². The van der Waals surface area contributed by atoms with E-state index in [1.165, 1.54) is 0 Å². The van der Waals surface area contributed by atoms with Crippen LogP contribution in [0.4, 0.5) is 16.2 Å². The summed E-state index contributed by atoms with van der Waals surface area (Å²) < 4.78 is 24.3. The van der Waals surface area contributed by atoms with E-state index in [-0.39, 0.29) is 11.7 Å². The molecule has 6 rings (SSSR count). The zero-order valence-corrected chi connectivity index (χ0v) is 27.4. The lowest BCUT2D eigenvalue weighted by Crippen LogP contribution is -2.69. The Morgan fingerprint density at radius 2 is 1.67 bits per heavy atom.